The van der Waals surface area contributed by atoms with E-state index < -0.39 is 5.97 Å². The van der Waals surface area contributed by atoms with Crippen molar-refractivity contribution in [2.75, 3.05) is 19.7 Å². The van der Waals surface area contributed by atoms with Crippen molar-refractivity contribution in [3.8, 4) is 0 Å². The molecule has 0 aliphatic heterocycles. The molecular weight excluding hydrogens is 246 g/mol. The zero-order valence-corrected chi connectivity index (χ0v) is 11.7. The Bertz CT molecular complexity index is 425. The molecule has 0 fully saturated rings. The molecule has 0 aromatic carbocycles. The number of aryl methyl sites for hydroxylation is 1. The summed E-state index contributed by atoms with van der Waals surface area (Å²) in [5.41, 5.74) is 1.11. The number of hydrogen-bond acceptors (Lipinski definition) is 4. The molecule has 0 bridgehead atoms. The van der Waals surface area contributed by atoms with Gasteiger partial charge in [-0.1, -0.05) is 13.3 Å². The van der Waals surface area contributed by atoms with Gasteiger partial charge in [-0.2, -0.15) is 5.10 Å². The van der Waals surface area contributed by atoms with Gasteiger partial charge in [0.2, 0.25) is 0 Å². The van der Waals surface area contributed by atoms with Crippen LogP contribution in [0.2, 0.25) is 0 Å². The summed E-state index contributed by atoms with van der Waals surface area (Å²) in [6, 6.07) is 1.66. The minimum absolute atomic E-state index is 0.192. The van der Waals surface area contributed by atoms with E-state index in [9.17, 15) is 9.59 Å². The summed E-state index contributed by atoms with van der Waals surface area (Å²) >= 11 is 0. The Hall–Kier alpha value is -1.85. The van der Waals surface area contributed by atoms with Gasteiger partial charge in [-0.25, -0.2) is 4.79 Å². The minimum Gasteiger partial charge on any atom is -0.451 e. The Balaban J connectivity index is 2.48. The van der Waals surface area contributed by atoms with Gasteiger partial charge in [0.25, 0.3) is 5.91 Å². The molecule has 0 radical (unpaired) electrons. The van der Waals surface area contributed by atoms with E-state index in [0.29, 0.717) is 13.1 Å². The molecule has 1 aromatic rings. The fourth-order valence-electron chi connectivity index (χ4n) is 1.73. The van der Waals surface area contributed by atoms with Crippen LogP contribution in [0.25, 0.3) is 0 Å². The van der Waals surface area contributed by atoms with Crippen LogP contribution in [-0.2, 0) is 16.0 Å². The first kappa shape index (κ1) is 15.2. The number of rotatable bonds is 7. The third-order valence-electron chi connectivity index (χ3n) is 2.80. The number of esters is 1. The first-order chi connectivity index (χ1) is 9.12. The summed E-state index contributed by atoms with van der Waals surface area (Å²) < 4.78 is 4.95. The highest BCUT2D eigenvalue weighted by atomic mass is 16.5. The highest BCUT2D eigenvalue weighted by molar-refractivity contribution is 5.89. The molecule has 106 valence electrons. The normalized spacial score (nSPS) is 10.3. The van der Waals surface area contributed by atoms with Crippen LogP contribution in [0, 0.1) is 0 Å². The van der Waals surface area contributed by atoms with E-state index in [1.165, 1.54) is 0 Å². The zero-order valence-electron chi connectivity index (χ0n) is 11.7. The number of nitrogens with zero attached hydrogens (tertiary/aromatic N) is 2. The number of carbonyl (C=O) groups is 2. The lowest BCUT2D eigenvalue weighted by Crippen LogP contribution is -2.34. The van der Waals surface area contributed by atoms with Crippen LogP contribution < -0.4 is 0 Å². The summed E-state index contributed by atoms with van der Waals surface area (Å²) in [6.45, 7) is 6.78. The van der Waals surface area contributed by atoms with Crippen molar-refractivity contribution >= 4 is 11.9 Å². The van der Waals surface area contributed by atoms with Gasteiger partial charge in [0.15, 0.2) is 12.3 Å². The van der Waals surface area contributed by atoms with Crippen LogP contribution in [0.4, 0.5) is 0 Å². The lowest BCUT2D eigenvalue weighted by atomic mass is 10.2. The average Bonchev–Trinajstić information content (AvgIpc) is 2.86. The Morgan fingerprint density at radius 1 is 1.32 bits per heavy atom. The van der Waals surface area contributed by atoms with E-state index in [0.717, 1.165) is 18.5 Å². The molecule has 0 atom stereocenters. The number of amides is 1. The molecule has 19 heavy (non-hydrogen) atoms. The molecule has 0 saturated carbocycles. The third-order valence-corrected chi connectivity index (χ3v) is 2.80. The Kier molecular flexibility index (Phi) is 6.05. The van der Waals surface area contributed by atoms with E-state index in [2.05, 4.69) is 10.2 Å². The first-order valence-electron chi connectivity index (χ1n) is 6.61. The summed E-state index contributed by atoms with van der Waals surface area (Å²) in [5, 5.41) is 6.65. The van der Waals surface area contributed by atoms with Crippen LogP contribution in [0.15, 0.2) is 6.07 Å². The highest BCUT2D eigenvalue weighted by Crippen LogP contribution is 2.04. The lowest BCUT2D eigenvalue weighted by Gasteiger charge is -2.17. The Morgan fingerprint density at radius 3 is 2.58 bits per heavy atom. The van der Waals surface area contributed by atoms with E-state index >= 15 is 0 Å². The summed E-state index contributed by atoms with van der Waals surface area (Å²) in [5.74, 6) is -0.762. The van der Waals surface area contributed by atoms with Crippen molar-refractivity contribution in [3.05, 3.63) is 17.5 Å². The quantitative estimate of drug-likeness (QED) is 0.757. The predicted molar refractivity (Wildman–Crippen MR) is 70.8 cm³/mol. The fourth-order valence-corrected chi connectivity index (χ4v) is 1.73. The maximum absolute atomic E-state index is 11.7. The molecule has 0 aliphatic rings. The molecule has 1 aromatic heterocycles. The van der Waals surface area contributed by atoms with Crippen LogP contribution >= 0.6 is 0 Å². The monoisotopic (exact) mass is 267 g/mol. The topological polar surface area (TPSA) is 75.3 Å². The highest BCUT2D eigenvalue weighted by Gasteiger charge is 2.16. The second-order valence-corrected chi connectivity index (χ2v) is 4.17. The number of carbonyl (C=O) groups excluding carboxylic acids is 2. The fraction of sp³-hybridized carbons (Fsp3) is 0.615. The molecular formula is C13H21N3O3. The molecule has 1 N–H and O–H groups in total. The van der Waals surface area contributed by atoms with Crippen LogP contribution in [0.1, 0.15) is 43.4 Å². The number of nitrogens with one attached hydrogen (secondary N) is 1. The number of hydrogen-bond donors (Lipinski definition) is 1. The van der Waals surface area contributed by atoms with Crippen LogP contribution in [-0.4, -0.2) is 46.7 Å². The Morgan fingerprint density at radius 2 is 2.00 bits per heavy atom. The molecule has 6 heteroatoms. The van der Waals surface area contributed by atoms with E-state index in [1.807, 2.05) is 20.8 Å². The molecule has 0 unspecified atom stereocenters. The van der Waals surface area contributed by atoms with Crippen molar-refractivity contribution in [2.24, 2.45) is 0 Å². The molecule has 0 aliphatic carbocycles. The molecule has 6 nitrogen and oxygen atoms in total. The van der Waals surface area contributed by atoms with Crippen LogP contribution in [0.3, 0.4) is 0 Å². The van der Waals surface area contributed by atoms with Gasteiger partial charge < -0.3 is 9.64 Å². The second kappa shape index (κ2) is 7.56. The minimum atomic E-state index is -0.570. The summed E-state index contributed by atoms with van der Waals surface area (Å²) in [4.78, 5) is 25.0. The third kappa shape index (κ3) is 4.39. The van der Waals surface area contributed by atoms with Crippen molar-refractivity contribution in [1.82, 2.24) is 15.1 Å². The van der Waals surface area contributed by atoms with Gasteiger partial charge in [-0.15, -0.1) is 0 Å². The molecule has 1 rings (SSSR count). The maximum Gasteiger partial charge on any atom is 0.359 e. The number of ether oxygens (including phenoxy) is 1. The number of aromatic nitrogens is 2. The smallest absolute Gasteiger partial charge is 0.359 e. The van der Waals surface area contributed by atoms with Gasteiger partial charge in [-0.05, 0) is 26.3 Å². The second-order valence-electron chi connectivity index (χ2n) is 4.17. The molecule has 1 heterocycles. The number of H-pyrrole nitrogens is 1. The van der Waals surface area contributed by atoms with Gasteiger partial charge in [0.1, 0.15) is 0 Å². The average molecular weight is 267 g/mol. The number of aromatic amines is 1. The maximum atomic E-state index is 11.7. The van der Waals surface area contributed by atoms with Crippen molar-refractivity contribution in [2.45, 2.75) is 33.6 Å². The van der Waals surface area contributed by atoms with E-state index in [-0.39, 0.29) is 18.2 Å². The van der Waals surface area contributed by atoms with Gasteiger partial charge in [0, 0.05) is 18.8 Å². The van der Waals surface area contributed by atoms with Gasteiger partial charge in [0.05, 0.1) is 0 Å². The first-order valence-corrected chi connectivity index (χ1v) is 6.61. The molecule has 0 saturated heterocycles. The zero-order chi connectivity index (χ0) is 14.3. The number of likely N-dealkylation sites (N-methyl/N-ethyl adjacent to an activating group) is 1. The summed E-state index contributed by atoms with van der Waals surface area (Å²) in [6.07, 6.45) is 1.80. The van der Waals surface area contributed by atoms with E-state index in [4.69, 9.17) is 4.74 Å². The van der Waals surface area contributed by atoms with Crippen molar-refractivity contribution in [3.63, 3.8) is 0 Å². The molecule has 1 amide bonds. The van der Waals surface area contributed by atoms with Crippen molar-refractivity contribution in [1.29, 1.82) is 0 Å². The summed E-state index contributed by atoms with van der Waals surface area (Å²) in [7, 11) is 0. The van der Waals surface area contributed by atoms with E-state index in [1.54, 1.807) is 11.0 Å². The van der Waals surface area contributed by atoms with Gasteiger partial charge in [-0.3, -0.25) is 9.89 Å². The Labute approximate surface area is 113 Å². The largest absolute Gasteiger partial charge is 0.451 e. The van der Waals surface area contributed by atoms with Crippen LogP contribution in [0.5, 0.6) is 0 Å². The predicted octanol–water partition coefficient (Wildman–Crippen LogP) is 1.39. The van der Waals surface area contributed by atoms with Crippen molar-refractivity contribution < 1.29 is 14.3 Å². The standard InChI is InChI=1S/C13H21N3O3/c1-4-7-10-8-11(15-14-10)13(18)19-9-12(17)16(5-2)6-3/h8H,4-7,9H2,1-3H3,(H,14,15). The van der Waals surface area contributed by atoms with Gasteiger partial charge >= 0.3 is 5.97 Å². The lowest BCUT2D eigenvalue weighted by molar-refractivity contribution is -0.134. The SMILES string of the molecule is CCCc1cc(C(=O)OCC(=O)N(CC)CC)n[nH]1. The molecule has 0 spiro atoms.